The van der Waals surface area contributed by atoms with E-state index in [2.05, 4.69) is 34.7 Å². The highest BCUT2D eigenvalue weighted by molar-refractivity contribution is 5.99. The first kappa shape index (κ1) is 9.46. The third kappa shape index (κ3) is 1.32. The number of nitrogens with zero attached hydrogens (tertiary/aromatic N) is 2. The van der Waals surface area contributed by atoms with Gasteiger partial charge in [0.05, 0.1) is 6.04 Å². The second kappa shape index (κ2) is 3.37. The third-order valence-corrected chi connectivity index (χ3v) is 2.97. The molecule has 0 spiro atoms. The fourth-order valence-electron chi connectivity index (χ4n) is 2.11. The topological polar surface area (TPSA) is 26.5 Å². The van der Waals surface area contributed by atoms with E-state index in [1.165, 1.54) is 10.9 Å². The van der Waals surface area contributed by atoms with Gasteiger partial charge in [-0.1, -0.05) is 18.2 Å². The standard InChI is InChI=1S/C13H14N2O/c1-9-8-16-13(14-9)12-7-10-5-3-4-6-11(10)15(12)2/h3-7,9H,8H2,1-2H3. The van der Waals surface area contributed by atoms with Crippen molar-refractivity contribution in [1.82, 2.24) is 4.57 Å². The Morgan fingerprint density at radius 1 is 1.38 bits per heavy atom. The minimum Gasteiger partial charge on any atom is -0.474 e. The molecule has 1 unspecified atom stereocenters. The molecule has 3 rings (SSSR count). The van der Waals surface area contributed by atoms with E-state index in [1.807, 2.05) is 19.2 Å². The van der Waals surface area contributed by atoms with Crippen molar-refractivity contribution in [2.45, 2.75) is 13.0 Å². The van der Waals surface area contributed by atoms with E-state index in [9.17, 15) is 0 Å². The monoisotopic (exact) mass is 214 g/mol. The minimum absolute atomic E-state index is 0.271. The molecular weight excluding hydrogens is 200 g/mol. The molecule has 16 heavy (non-hydrogen) atoms. The predicted molar refractivity (Wildman–Crippen MR) is 64.9 cm³/mol. The first-order chi connectivity index (χ1) is 7.75. The van der Waals surface area contributed by atoms with Crippen molar-refractivity contribution in [3.8, 4) is 0 Å². The van der Waals surface area contributed by atoms with Gasteiger partial charge < -0.3 is 9.30 Å². The Hall–Kier alpha value is -1.77. The molecule has 0 fully saturated rings. The Bertz CT molecular complexity index is 568. The highest BCUT2D eigenvalue weighted by atomic mass is 16.5. The van der Waals surface area contributed by atoms with Gasteiger partial charge in [0.25, 0.3) is 0 Å². The summed E-state index contributed by atoms with van der Waals surface area (Å²) in [6.07, 6.45) is 0. The van der Waals surface area contributed by atoms with Gasteiger partial charge in [0.15, 0.2) is 0 Å². The van der Waals surface area contributed by atoms with E-state index in [-0.39, 0.29) is 6.04 Å². The lowest BCUT2D eigenvalue weighted by atomic mass is 10.2. The molecule has 2 aromatic rings. The van der Waals surface area contributed by atoms with Crippen LogP contribution >= 0.6 is 0 Å². The van der Waals surface area contributed by atoms with Crippen LogP contribution in [-0.4, -0.2) is 23.1 Å². The van der Waals surface area contributed by atoms with Crippen LogP contribution in [0, 0.1) is 0 Å². The third-order valence-electron chi connectivity index (χ3n) is 2.97. The van der Waals surface area contributed by atoms with E-state index in [1.54, 1.807) is 0 Å². The van der Waals surface area contributed by atoms with Gasteiger partial charge in [-0.05, 0) is 19.1 Å². The number of benzene rings is 1. The molecule has 0 aliphatic carbocycles. The van der Waals surface area contributed by atoms with Crippen molar-refractivity contribution >= 4 is 16.8 Å². The van der Waals surface area contributed by atoms with Gasteiger partial charge in [0, 0.05) is 18.0 Å². The SMILES string of the molecule is CC1COC(c2cc3ccccc3n2C)=N1. The highest BCUT2D eigenvalue weighted by Crippen LogP contribution is 2.21. The summed E-state index contributed by atoms with van der Waals surface area (Å²) in [5.74, 6) is 0.770. The van der Waals surface area contributed by atoms with E-state index in [0.717, 1.165) is 11.6 Å². The molecule has 82 valence electrons. The highest BCUT2D eigenvalue weighted by Gasteiger charge is 2.19. The maximum Gasteiger partial charge on any atom is 0.233 e. The van der Waals surface area contributed by atoms with E-state index in [0.29, 0.717) is 6.61 Å². The summed E-state index contributed by atoms with van der Waals surface area (Å²) in [6, 6.07) is 10.7. The summed E-state index contributed by atoms with van der Waals surface area (Å²) in [6.45, 7) is 2.76. The van der Waals surface area contributed by atoms with Gasteiger partial charge in [-0.3, -0.25) is 0 Å². The molecule has 2 heterocycles. The van der Waals surface area contributed by atoms with Gasteiger partial charge in [0.2, 0.25) is 5.90 Å². The van der Waals surface area contributed by atoms with Crippen LogP contribution in [0.25, 0.3) is 10.9 Å². The number of hydrogen-bond donors (Lipinski definition) is 0. The van der Waals surface area contributed by atoms with Crippen molar-refractivity contribution in [3.63, 3.8) is 0 Å². The van der Waals surface area contributed by atoms with Crippen molar-refractivity contribution in [1.29, 1.82) is 0 Å². The molecule has 3 nitrogen and oxygen atoms in total. The van der Waals surface area contributed by atoms with Gasteiger partial charge in [0.1, 0.15) is 12.3 Å². The lowest BCUT2D eigenvalue weighted by Crippen LogP contribution is -2.06. The fraction of sp³-hybridized carbons (Fsp3) is 0.308. The van der Waals surface area contributed by atoms with Crippen LogP contribution < -0.4 is 0 Å². The quantitative estimate of drug-likeness (QED) is 0.715. The number of aliphatic imine (C=N–C) groups is 1. The molecule has 1 aliphatic heterocycles. The van der Waals surface area contributed by atoms with Gasteiger partial charge in [-0.25, -0.2) is 4.99 Å². The maximum absolute atomic E-state index is 5.59. The van der Waals surface area contributed by atoms with Crippen LogP contribution in [-0.2, 0) is 11.8 Å². The van der Waals surface area contributed by atoms with Crippen molar-refractivity contribution in [3.05, 3.63) is 36.0 Å². The van der Waals surface area contributed by atoms with Gasteiger partial charge >= 0.3 is 0 Å². The van der Waals surface area contributed by atoms with E-state index in [4.69, 9.17) is 4.74 Å². The average Bonchev–Trinajstić information content (AvgIpc) is 2.84. The Morgan fingerprint density at radius 3 is 2.88 bits per heavy atom. The largest absolute Gasteiger partial charge is 0.474 e. The molecule has 1 aromatic carbocycles. The number of hydrogen-bond acceptors (Lipinski definition) is 2. The van der Waals surface area contributed by atoms with Crippen molar-refractivity contribution in [2.75, 3.05) is 6.61 Å². The molecule has 1 aliphatic rings. The molecule has 0 bridgehead atoms. The summed E-state index contributed by atoms with van der Waals surface area (Å²) >= 11 is 0. The molecule has 1 atom stereocenters. The van der Waals surface area contributed by atoms with Gasteiger partial charge in [-0.2, -0.15) is 0 Å². The second-order valence-electron chi connectivity index (χ2n) is 4.24. The zero-order chi connectivity index (χ0) is 11.1. The summed E-state index contributed by atoms with van der Waals surface area (Å²) in [7, 11) is 2.05. The zero-order valence-corrected chi connectivity index (χ0v) is 9.47. The van der Waals surface area contributed by atoms with Crippen LogP contribution in [0.4, 0.5) is 0 Å². The molecule has 0 saturated carbocycles. The Labute approximate surface area is 94.4 Å². The second-order valence-corrected chi connectivity index (χ2v) is 4.24. The van der Waals surface area contributed by atoms with E-state index >= 15 is 0 Å². The molecular formula is C13H14N2O. The first-order valence-electron chi connectivity index (χ1n) is 5.51. The molecule has 3 heteroatoms. The Balaban J connectivity index is 2.18. The number of aromatic nitrogens is 1. The first-order valence-corrected chi connectivity index (χ1v) is 5.51. The number of fused-ring (bicyclic) bond motifs is 1. The van der Waals surface area contributed by atoms with Crippen LogP contribution in [0.2, 0.25) is 0 Å². The number of ether oxygens (including phenoxy) is 1. The van der Waals surface area contributed by atoms with Crippen LogP contribution in [0.5, 0.6) is 0 Å². The Kier molecular flexibility index (Phi) is 1.99. The summed E-state index contributed by atoms with van der Waals surface area (Å²) in [5, 5.41) is 1.23. The molecule has 1 aromatic heterocycles. The Morgan fingerprint density at radius 2 is 2.19 bits per heavy atom. The number of para-hydroxylation sites is 1. The number of aryl methyl sites for hydroxylation is 1. The molecule has 0 N–H and O–H groups in total. The maximum atomic E-state index is 5.59. The molecule has 0 radical (unpaired) electrons. The summed E-state index contributed by atoms with van der Waals surface area (Å²) in [5.41, 5.74) is 2.27. The van der Waals surface area contributed by atoms with Crippen LogP contribution in [0.1, 0.15) is 12.6 Å². The smallest absolute Gasteiger partial charge is 0.233 e. The van der Waals surface area contributed by atoms with Crippen LogP contribution in [0.15, 0.2) is 35.3 Å². The lowest BCUT2D eigenvalue weighted by molar-refractivity contribution is 0.322. The van der Waals surface area contributed by atoms with Crippen LogP contribution in [0.3, 0.4) is 0 Å². The zero-order valence-electron chi connectivity index (χ0n) is 9.47. The fourth-order valence-corrected chi connectivity index (χ4v) is 2.11. The average molecular weight is 214 g/mol. The van der Waals surface area contributed by atoms with E-state index < -0.39 is 0 Å². The lowest BCUT2D eigenvalue weighted by Gasteiger charge is -2.03. The molecule has 0 saturated heterocycles. The minimum atomic E-state index is 0.271. The van der Waals surface area contributed by atoms with Gasteiger partial charge in [-0.15, -0.1) is 0 Å². The summed E-state index contributed by atoms with van der Waals surface area (Å²) in [4.78, 5) is 4.49. The predicted octanol–water partition coefficient (Wildman–Crippen LogP) is 2.34. The molecule has 0 amide bonds. The normalized spacial score (nSPS) is 19.9. The van der Waals surface area contributed by atoms with Crippen molar-refractivity contribution in [2.24, 2.45) is 12.0 Å². The summed E-state index contributed by atoms with van der Waals surface area (Å²) < 4.78 is 7.72. The number of rotatable bonds is 1. The van der Waals surface area contributed by atoms with Crippen molar-refractivity contribution < 1.29 is 4.74 Å².